The Hall–Kier alpha value is -2.10. The van der Waals surface area contributed by atoms with Gasteiger partial charge in [-0.15, -0.1) is 5.10 Å². The summed E-state index contributed by atoms with van der Waals surface area (Å²) in [5.41, 5.74) is 1.72. The van der Waals surface area contributed by atoms with E-state index in [1.165, 1.54) is 0 Å². The van der Waals surface area contributed by atoms with Gasteiger partial charge in [0.25, 0.3) is 5.88 Å². The predicted octanol–water partition coefficient (Wildman–Crippen LogP) is 2.94. The second-order valence-electron chi connectivity index (χ2n) is 7.13. The van der Waals surface area contributed by atoms with Crippen molar-refractivity contribution in [1.82, 2.24) is 19.7 Å². The SMILES string of the molecule is COC1CNc2nc(ncc2Cl)Nc2c(nn(C3CCOC(C)C3)c2C)OC1. The first-order chi connectivity index (χ1) is 13.5. The van der Waals surface area contributed by atoms with Crippen molar-refractivity contribution in [3.05, 3.63) is 16.9 Å². The topological polar surface area (TPSA) is 95.4 Å². The van der Waals surface area contributed by atoms with Crippen molar-refractivity contribution in [3.63, 3.8) is 0 Å². The minimum Gasteiger partial charge on any atom is -0.472 e. The Morgan fingerprint density at radius 1 is 1.39 bits per heavy atom. The number of aromatic nitrogens is 4. The van der Waals surface area contributed by atoms with Crippen LogP contribution < -0.4 is 15.4 Å². The molecule has 0 radical (unpaired) electrons. The molecule has 2 bridgehead atoms. The zero-order valence-corrected chi connectivity index (χ0v) is 17.0. The van der Waals surface area contributed by atoms with E-state index >= 15 is 0 Å². The van der Waals surface area contributed by atoms with Crippen LogP contribution in [0.4, 0.5) is 17.5 Å². The van der Waals surface area contributed by atoms with Crippen LogP contribution in [-0.2, 0) is 9.47 Å². The molecular formula is C18H25ClN6O3. The lowest BCUT2D eigenvalue weighted by atomic mass is 10.0. The first kappa shape index (κ1) is 19.2. The van der Waals surface area contributed by atoms with Crippen LogP contribution in [-0.4, -0.2) is 58.8 Å². The van der Waals surface area contributed by atoms with E-state index in [1.54, 1.807) is 13.3 Å². The largest absolute Gasteiger partial charge is 0.472 e. The maximum Gasteiger partial charge on any atom is 0.257 e. The van der Waals surface area contributed by atoms with Crippen molar-refractivity contribution >= 4 is 29.1 Å². The Morgan fingerprint density at radius 3 is 3.04 bits per heavy atom. The summed E-state index contributed by atoms with van der Waals surface area (Å²) >= 11 is 6.22. The lowest BCUT2D eigenvalue weighted by Crippen LogP contribution is -2.29. The van der Waals surface area contributed by atoms with E-state index in [0.29, 0.717) is 35.8 Å². The van der Waals surface area contributed by atoms with E-state index in [2.05, 4.69) is 27.5 Å². The van der Waals surface area contributed by atoms with Crippen molar-refractivity contribution in [1.29, 1.82) is 0 Å². The van der Waals surface area contributed by atoms with Crippen LogP contribution in [0.15, 0.2) is 6.20 Å². The molecule has 10 heteroatoms. The monoisotopic (exact) mass is 408 g/mol. The maximum absolute atomic E-state index is 6.22. The molecule has 1 saturated heterocycles. The second kappa shape index (κ2) is 8.10. The van der Waals surface area contributed by atoms with Gasteiger partial charge in [0.05, 0.1) is 24.0 Å². The average Bonchev–Trinajstić information content (AvgIpc) is 2.98. The molecule has 0 aromatic carbocycles. The number of rotatable bonds is 2. The smallest absolute Gasteiger partial charge is 0.257 e. The predicted molar refractivity (Wildman–Crippen MR) is 106 cm³/mol. The van der Waals surface area contributed by atoms with Gasteiger partial charge in [-0.05, 0) is 26.7 Å². The van der Waals surface area contributed by atoms with E-state index in [4.69, 9.17) is 30.9 Å². The third-order valence-corrected chi connectivity index (χ3v) is 5.42. The van der Waals surface area contributed by atoms with Gasteiger partial charge in [0.15, 0.2) is 5.82 Å². The van der Waals surface area contributed by atoms with Gasteiger partial charge in [0.2, 0.25) is 5.95 Å². The molecule has 28 heavy (non-hydrogen) atoms. The van der Waals surface area contributed by atoms with Crippen molar-refractivity contribution < 1.29 is 14.2 Å². The summed E-state index contributed by atoms with van der Waals surface area (Å²) in [6.07, 6.45) is 3.42. The number of methoxy groups -OCH3 is 1. The number of nitrogens with one attached hydrogen (secondary N) is 2. The summed E-state index contributed by atoms with van der Waals surface area (Å²) in [5.74, 6) is 1.49. The first-order valence-electron chi connectivity index (χ1n) is 9.45. The van der Waals surface area contributed by atoms with Crippen LogP contribution in [0.5, 0.6) is 5.88 Å². The van der Waals surface area contributed by atoms with Gasteiger partial charge < -0.3 is 24.8 Å². The summed E-state index contributed by atoms with van der Waals surface area (Å²) in [6, 6.07) is 0.260. The van der Waals surface area contributed by atoms with E-state index < -0.39 is 0 Å². The quantitative estimate of drug-likeness (QED) is 0.783. The number of hydrogen-bond acceptors (Lipinski definition) is 8. The molecule has 4 rings (SSSR count). The molecule has 0 aliphatic carbocycles. The summed E-state index contributed by atoms with van der Waals surface area (Å²) in [7, 11) is 1.65. The molecule has 2 aromatic rings. The van der Waals surface area contributed by atoms with Crippen LogP contribution in [0.25, 0.3) is 0 Å². The molecular weight excluding hydrogens is 384 g/mol. The summed E-state index contributed by atoms with van der Waals surface area (Å²) < 4.78 is 19.3. The summed E-state index contributed by atoms with van der Waals surface area (Å²) in [4.78, 5) is 8.77. The van der Waals surface area contributed by atoms with Crippen molar-refractivity contribution in [2.24, 2.45) is 0 Å². The summed E-state index contributed by atoms with van der Waals surface area (Å²) in [5, 5.41) is 11.6. The molecule has 3 unspecified atom stereocenters. The van der Waals surface area contributed by atoms with Crippen LogP contribution >= 0.6 is 11.6 Å². The molecule has 3 atom stereocenters. The molecule has 2 aromatic heterocycles. The second-order valence-corrected chi connectivity index (χ2v) is 7.54. The third-order valence-electron chi connectivity index (χ3n) is 5.14. The van der Waals surface area contributed by atoms with Gasteiger partial charge in [-0.2, -0.15) is 4.98 Å². The van der Waals surface area contributed by atoms with Crippen LogP contribution in [0.1, 0.15) is 31.5 Å². The minimum absolute atomic E-state index is 0.186. The minimum atomic E-state index is -0.186. The highest BCUT2D eigenvalue weighted by molar-refractivity contribution is 6.32. The number of nitrogens with zero attached hydrogens (tertiary/aromatic N) is 4. The average molecular weight is 409 g/mol. The Kier molecular flexibility index (Phi) is 5.56. The van der Waals surface area contributed by atoms with Gasteiger partial charge >= 0.3 is 0 Å². The van der Waals surface area contributed by atoms with Gasteiger partial charge in [-0.25, -0.2) is 4.98 Å². The van der Waals surface area contributed by atoms with Gasteiger partial charge in [0, 0.05) is 20.3 Å². The fourth-order valence-electron chi connectivity index (χ4n) is 3.54. The number of hydrogen-bond donors (Lipinski definition) is 2. The van der Waals surface area contributed by atoms with Gasteiger partial charge in [-0.3, -0.25) is 4.68 Å². The zero-order valence-electron chi connectivity index (χ0n) is 16.2. The highest BCUT2D eigenvalue weighted by Crippen LogP contribution is 2.35. The fraction of sp³-hybridized carbons (Fsp3) is 0.611. The first-order valence-corrected chi connectivity index (χ1v) is 9.82. The Labute approximate surface area is 168 Å². The molecule has 2 aliphatic heterocycles. The Bertz CT molecular complexity index is 845. The molecule has 2 N–H and O–H groups in total. The van der Waals surface area contributed by atoms with Crippen molar-refractivity contribution in [2.75, 3.05) is 37.5 Å². The standard InChI is InChI=1S/C18H25ClN6O3/c1-10-6-12(4-5-27-10)25-11(2)15-17(24-25)28-9-13(26-3)7-20-16-14(19)8-21-18(22-15)23-16/h8,10,12-13H,4-7,9H2,1-3H3,(H2,20,21,22,23). The highest BCUT2D eigenvalue weighted by atomic mass is 35.5. The molecule has 9 nitrogen and oxygen atoms in total. The van der Waals surface area contributed by atoms with E-state index in [-0.39, 0.29) is 18.2 Å². The normalized spacial score (nSPS) is 24.9. The molecule has 4 heterocycles. The molecule has 0 spiro atoms. The van der Waals surface area contributed by atoms with Crippen LogP contribution in [0, 0.1) is 6.92 Å². The molecule has 2 aliphatic rings. The molecule has 1 fully saturated rings. The molecule has 152 valence electrons. The van der Waals surface area contributed by atoms with Gasteiger partial charge in [-0.1, -0.05) is 11.6 Å². The van der Waals surface area contributed by atoms with Crippen molar-refractivity contribution in [2.45, 2.75) is 44.9 Å². The molecule has 0 amide bonds. The van der Waals surface area contributed by atoms with Crippen molar-refractivity contribution in [3.8, 4) is 5.88 Å². The van der Waals surface area contributed by atoms with Crippen LogP contribution in [0.2, 0.25) is 5.02 Å². The van der Waals surface area contributed by atoms with E-state index in [0.717, 1.165) is 30.8 Å². The highest BCUT2D eigenvalue weighted by Gasteiger charge is 2.27. The fourth-order valence-corrected chi connectivity index (χ4v) is 3.70. The number of anilines is 3. The van der Waals surface area contributed by atoms with E-state index in [9.17, 15) is 0 Å². The number of fused-ring (bicyclic) bond motifs is 3. The lowest BCUT2D eigenvalue weighted by molar-refractivity contribution is 0.00272. The maximum atomic E-state index is 6.22. The Balaban J connectivity index is 1.72. The Morgan fingerprint density at radius 2 is 2.25 bits per heavy atom. The lowest BCUT2D eigenvalue weighted by Gasteiger charge is -2.28. The van der Waals surface area contributed by atoms with Crippen LogP contribution in [0.3, 0.4) is 0 Å². The summed E-state index contributed by atoms with van der Waals surface area (Å²) in [6.45, 7) is 5.68. The number of halogens is 1. The molecule has 0 saturated carbocycles. The number of ether oxygens (including phenoxy) is 3. The third kappa shape index (κ3) is 3.87. The zero-order chi connectivity index (χ0) is 19.7. The van der Waals surface area contributed by atoms with Gasteiger partial charge in [0.1, 0.15) is 23.4 Å². The van der Waals surface area contributed by atoms with E-state index in [1.807, 2.05) is 11.6 Å².